The van der Waals surface area contributed by atoms with Gasteiger partial charge in [0, 0.05) is 24.5 Å². The lowest BCUT2D eigenvalue weighted by Crippen LogP contribution is -2.17. The van der Waals surface area contributed by atoms with Gasteiger partial charge in [-0.2, -0.15) is 5.26 Å². The molecular weight excluding hydrogens is 320 g/mol. The molecule has 0 saturated heterocycles. The summed E-state index contributed by atoms with van der Waals surface area (Å²) in [5, 5.41) is 25.1. The number of nitriles is 1. The molecule has 8 heteroatoms. The molecule has 2 N–H and O–H groups in total. The quantitative estimate of drug-likeness (QED) is 0.261. The van der Waals surface area contributed by atoms with Crippen LogP contribution in [0, 0.1) is 27.4 Å². The van der Waals surface area contributed by atoms with Crippen molar-refractivity contribution in [1.82, 2.24) is 5.32 Å². The second-order valence-electron chi connectivity index (χ2n) is 5.18. The zero-order valence-electron chi connectivity index (χ0n) is 12.8. The Balaban J connectivity index is 2.77. The SMILES string of the molecule is CC(C)CCN/C=C(/C#N)C(=O)Nc1ccc(Cl)c([N+](=O)[O-])c1. The summed E-state index contributed by atoms with van der Waals surface area (Å²) in [4.78, 5) is 22.2. The Bertz CT molecular complexity index is 665. The van der Waals surface area contributed by atoms with E-state index in [1.807, 2.05) is 0 Å². The largest absolute Gasteiger partial charge is 0.390 e. The lowest BCUT2D eigenvalue weighted by atomic mass is 10.1. The first-order valence-electron chi connectivity index (χ1n) is 6.94. The van der Waals surface area contributed by atoms with Crippen LogP contribution in [0.25, 0.3) is 0 Å². The van der Waals surface area contributed by atoms with Gasteiger partial charge in [0.05, 0.1) is 4.92 Å². The van der Waals surface area contributed by atoms with Crippen LogP contribution in [0.3, 0.4) is 0 Å². The first-order chi connectivity index (χ1) is 10.8. The second-order valence-corrected chi connectivity index (χ2v) is 5.59. The summed E-state index contributed by atoms with van der Waals surface area (Å²) in [5.41, 5.74) is -0.247. The van der Waals surface area contributed by atoms with Crippen LogP contribution in [-0.2, 0) is 4.79 Å². The molecule has 23 heavy (non-hydrogen) atoms. The third-order valence-corrected chi connectivity index (χ3v) is 3.20. The molecule has 0 aliphatic heterocycles. The first kappa shape index (κ1) is 18.5. The Labute approximate surface area is 139 Å². The van der Waals surface area contributed by atoms with Gasteiger partial charge in [-0.1, -0.05) is 25.4 Å². The van der Waals surface area contributed by atoms with E-state index in [0.29, 0.717) is 12.5 Å². The number of rotatable bonds is 7. The molecule has 1 aromatic carbocycles. The van der Waals surface area contributed by atoms with Crippen LogP contribution in [0.15, 0.2) is 30.0 Å². The van der Waals surface area contributed by atoms with Gasteiger partial charge in [0.1, 0.15) is 16.7 Å². The Morgan fingerprint density at radius 1 is 1.52 bits per heavy atom. The van der Waals surface area contributed by atoms with Gasteiger partial charge in [0.2, 0.25) is 0 Å². The summed E-state index contributed by atoms with van der Waals surface area (Å²) >= 11 is 5.70. The molecule has 0 radical (unpaired) electrons. The Morgan fingerprint density at radius 3 is 2.78 bits per heavy atom. The predicted molar refractivity (Wildman–Crippen MR) is 87.9 cm³/mol. The highest BCUT2D eigenvalue weighted by atomic mass is 35.5. The topological polar surface area (TPSA) is 108 Å². The summed E-state index contributed by atoms with van der Waals surface area (Å²) in [6.45, 7) is 4.77. The summed E-state index contributed by atoms with van der Waals surface area (Å²) in [6, 6.07) is 5.66. The summed E-state index contributed by atoms with van der Waals surface area (Å²) in [6.07, 6.45) is 2.24. The number of carbonyl (C=O) groups is 1. The van der Waals surface area contributed by atoms with Gasteiger partial charge in [0.15, 0.2) is 0 Å². The van der Waals surface area contributed by atoms with E-state index in [2.05, 4.69) is 24.5 Å². The number of hydrogen-bond acceptors (Lipinski definition) is 5. The van der Waals surface area contributed by atoms with Crippen LogP contribution in [0.4, 0.5) is 11.4 Å². The molecule has 0 atom stereocenters. The van der Waals surface area contributed by atoms with Crippen molar-refractivity contribution < 1.29 is 9.72 Å². The molecule has 0 fully saturated rings. The molecule has 1 amide bonds. The number of nitrogens with zero attached hydrogens (tertiary/aromatic N) is 2. The summed E-state index contributed by atoms with van der Waals surface area (Å²) in [7, 11) is 0. The van der Waals surface area contributed by atoms with Gasteiger partial charge in [0.25, 0.3) is 11.6 Å². The van der Waals surface area contributed by atoms with Crippen LogP contribution in [0.2, 0.25) is 5.02 Å². The molecule has 122 valence electrons. The molecule has 0 bridgehead atoms. The molecule has 0 unspecified atom stereocenters. The molecule has 7 nitrogen and oxygen atoms in total. The fourth-order valence-corrected chi connectivity index (χ4v) is 1.81. The molecule has 0 spiro atoms. The highest BCUT2D eigenvalue weighted by Gasteiger charge is 2.15. The molecule has 0 aliphatic rings. The first-order valence-corrected chi connectivity index (χ1v) is 7.32. The molecule has 0 saturated carbocycles. The Kier molecular flexibility index (Phi) is 7.03. The predicted octanol–water partition coefficient (Wildman–Crippen LogP) is 3.23. The van der Waals surface area contributed by atoms with E-state index < -0.39 is 10.8 Å². The fourth-order valence-electron chi connectivity index (χ4n) is 1.62. The van der Waals surface area contributed by atoms with Crippen LogP contribution >= 0.6 is 11.6 Å². The average Bonchev–Trinajstić information content (AvgIpc) is 2.48. The van der Waals surface area contributed by atoms with Crippen molar-refractivity contribution in [2.45, 2.75) is 20.3 Å². The Hall–Kier alpha value is -2.59. The fraction of sp³-hybridized carbons (Fsp3) is 0.333. The number of nitro benzene ring substituents is 1. The van der Waals surface area contributed by atoms with E-state index in [1.165, 1.54) is 18.3 Å². The zero-order chi connectivity index (χ0) is 17.4. The number of nitro groups is 1. The lowest BCUT2D eigenvalue weighted by Gasteiger charge is -2.06. The Morgan fingerprint density at radius 2 is 2.22 bits per heavy atom. The molecular formula is C15H17ClN4O3. The maximum atomic E-state index is 12.0. The maximum absolute atomic E-state index is 12.0. The van der Waals surface area contributed by atoms with Gasteiger partial charge in [-0.15, -0.1) is 0 Å². The van der Waals surface area contributed by atoms with Gasteiger partial charge >= 0.3 is 0 Å². The lowest BCUT2D eigenvalue weighted by molar-refractivity contribution is -0.384. The highest BCUT2D eigenvalue weighted by molar-refractivity contribution is 6.32. The number of benzene rings is 1. The van der Waals surface area contributed by atoms with Crippen molar-refractivity contribution in [2.75, 3.05) is 11.9 Å². The minimum atomic E-state index is -0.652. The third-order valence-electron chi connectivity index (χ3n) is 2.88. The van der Waals surface area contributed by atoms with Crippen molar-refractivity contribution >= 4 is 28.9 Å². The minimum absolute atomic E-state index is 0.0283. The standard InChI is InChI=1S/C15H17ClN4O3/c1-10(2)5-6-18-9-11(8-17)15(21)19-12-3-4-13(16)14(7-12)20(22)23/h3-4,7,9-10,18H,5-6H2,1-2H3,(H,19,21)/b11-9-. The number of carbonyl (C=O) groups excluding carboxylic acids is 1. The molecule has 1 aromatic rings. The molecule has 0 aliphatic carbocycles. The highest BCUT2D eigenvalue weighted by Crippen LogP contribution is 2.27. The van der Waals surface area contributed by atoms with E-state index in [1.54, 1.807) is 6.07 Å². The number of amides is 1. The van der Waals surface area contributed by atoms with Gasteiger partial charge in [-0.25, -0.2) is 0 Å². The molecule has 0 aromatic heterocycles. The number of hydrogen-bond donors (Lipinski definition) is 2. The van der Waals surface area contributed by atoms with Gasteiger partial charge < -0.3 is 10.6 Å². The van der Waals surface area contributed by atoms with Crippen molar-refractivity contribution in [3.8, 4) is 6.07 Å². The number of halogens is 1. The van der Waals surface area contributed by atoms with Crippen LogP contribution in [0.1, 0.15) is 20.3 Å². The van der Waals surface area contributed by atoms with Crippen LogP contribution < -0.4 is 10.6 Å². The maximum Gasteiger partial charge on any atom is 0.289 e. The van der Waals surface area contributed by atoms with Crippen LogP contribution in [-0.4, -0.2) is 17.4 Å². The zero-order valence-corrected chi connectivity index (χ0v) is 13.6. The summed E-state index contributed by atoms with van der Waals surface area (Å²) < 4.78 is 0. The van der Waals surface area contributed by atoms with Crippen molar-refractivity contribution in [3.05, 3.63) is 45.1 Å². The van der Waals surface area contributed by atoms with Crippen molar-refractivity contribution in [2.24, 2.45) is 5.92 Å². The summed E-state index contributed by atoms with van der Waals surface area (Å²) in [5.74, 6) is -0.147. The smallest absolute Gasteiger partial charge is 0.289 e. The average molecular weight is 337 g/mol. The van der Waals surface area contributed by atoms with E-state index in [9.17, 15) is 14.9 Å². The number of nitrogens with one attached hydrogen (secondary N) is 2. The molecule has 0 heterocycles. The third kappa shape index (κ3) is 5.96. The van der Waals surface area contributed by atoms with Gasteiger partial charge in [-0.05, 0) is 24.5 Å². The monoisotopic (exact) mass is 336 g/mol. The van der Waals surface area contributed by atoms with E-state index in [0.717, 1.165) is 12.5 Å². The van der Waals surface area contributed by atoms with E-state index in [-0.39, 0.29) is 22.0 Å². The van der Waals surface area contributed by atoms with Crippen molar-refractivity contribution in [1.29, 1.82) is 5.26 Å². The normalized spacial score (nSPS) is 11.0. The molecule has 1 rings (SSSR count). The number of anilines is 1. The van der Waals surface area contributed by atoms with E-state index in [4.69, 9.17) is 16.9 Å². The van der Waals surface area contributed by atoms with Crippen molar-refractivity contribution in [3.63, 3.8) is 0 Å². The van der Waals surface area contributed by atoms with E-state index >= 15 is 0 Å². The second kappa shape index (κ2) is 8.76. The van der Waals surface area contributed by atoms with Crippen LogP contribution in [0.5, 0.6) is 0 Å². The van der Waals surface area contributed by atoms with Gasteiger partial charge in [-0.3, -0.25) is 14.9 Å². The minimum Gasteiger partial charge on any atom is -0.390 e.